The Bertz CT molecular complexity index is 379. The zero-order chi connectivity index (χ0) is 14.3. The molecule has 0 aromatic heterocycles. The van der Waals surface area contributed by atoms with Gasteiger partial charge in [-0.2, -0.15) is 0 Å². The van der Waals surface area contributed by atoms with Crippen LogP contribution in [0.1, 0.15) is 43.9 Å². The van der Waals surface area contributed by atoms with Gasteiger partial charge in [0.25, 0.3) is 0 Å². The van der Waals surface area contributed by atoms with Crippen molar-refractivity contribution in [1.82, 2.24) is 5.32 Å². The van der Waals surface area contributed by atoms with Crippen molar-refractivity contribution in [3.63, 3.8) is 0 Å². The summed E-state index contributed by atoms with van der Waals surface area (Å²) in [4.78, 5) is 0. The Morgan fingerprint density at radius 2 is 2.11 bits per heavy atom. The predicted molar refractivity (Wildman–Crippen MR) is 79.6 cm³/mol. The molecule has 2 atom stereocenters. The van der Waals surface area contributed by atoms with E-state index in [0.717, 1.165) is 25.1 Å². The van der Waals surface area contributed by atoms with Crippen molar-refractivity contribution >= 4 is 0 Å². The minimum Gasteiger partial charge on any atom is -0.496 e. The number of rotatable bonds is 8. The summed E-state index contributed by atoms with van der Waals surface area (Å²) in [5, 5.41) is 12.6. The van der Waals surface area contributed by atoms with Crippen LogP contribution in [0.2, 0.25) is 0 Å². The molecule has 2 unspecified atom stereocenters. The first-order valence-electron chi connectivity index (χ1n) is 7.11. The fourth-order valence-electron chi connectivity index (χ4n) is 2.26. The van der Waals surface area contributed by atoms with Crippen LogP contribution in [0.25, 0.3) is 0 Å². The molecule has 3 nitrogen and oxygen atoms in total. The number of methoxy groups -OCH3 is 1. The molecule has 1 aromatic rings. The van der Waals surface area contributed by atoms with Crippen molar-refractivity contribution in [3.8, 4) is 5.75 Å². The molecule has 0 aliphatic rings. The number of nitrogens with one attached hydrogen (secondary N) is 1. The van der Waals surface area contributed by atoms with Crippen LogP contribution in [-0.2, 0) is 0 Å². The molecule has 0 amide bonds. The molecule has 108 valence electrons. The zero-order valence-electron chi connectivity index (χ0n) is 12.6. The standard InChI is InChI=1S/C16H27NO2/c1-5-14(8-9-18)11-17-13(3)15-7-6-12(2)10-16(15)19-4/h6-7,10,13-14,17-18H,5,8-9,11H2,1-4H3. The van der Waals surface area contributed by atoms with E-state index in [1.807, 2.05) is 0 Å². The number of aliphatic hydroxyl groups is 1. The average molecular weight is 265 g/mol. The van der Waals surface area contributed by atoms with Gasteiger partial charge < -0.3 is 15.2 Å². The highest BCUT2D eigenvalue weighted by molar-refractivity contribution is 5.39. The molecule has 0 heterocycles. The zero-order valence-corrected chi connectivity index (χ0v) is 12.6. The van der Waals surface area contributed by atoms with E-state index in [1.54, 1.807) is 7.11 Å². The van der Waals surface area contributed by atoms with Gasteiger partial charge in [0.15, 0.2) is 0 Å². The van der Waals surface area contributed by atoms with Crippen molar-refractivity contribution in [2.45, 2.75) is 39.7 Å². The maximum absolute atomic E-state index is 9.01. The maximum atomic E-state index is 9.01. The van der Waals surface area contributed by atoms with Crippen molar-refractivity contribution in [3.05, 3.63) is 29.3 Å². The van der Waals surface area contributed by atoms with Crippen molar-refractivity contribution in [1.29, 1.82) is 0 Å². The fraction of sp³-hybridized carbons (Fsp3) is 0.625. The number of hydrogen-bond donors (Lipinski definition) is 2. The third kappa shape index (κ3) is 4.84. The molecule has 3 heteroatoms. The van der Waals surface area contributed by atoms with E-state index in [1.165, 1.54) is 11.1 Å². The molecule has 0 aliphatic heterocycles. The molecule has 2 N–H and O–H groups in total. The van der Waals surface area contributed by atoms with E-state index in [2.05, 4.69) is 44.3 Å². The molecule has 0 radical (unpaired) electrons. The highest BCUT2D eigenvalue weighted by Gasteiger charge is 2.13. The summed E-state index contributed by atoms with van der Waals surface area (Å²) in [5.74, 6) is 1.47. The first-order chi connectivity index (χ1) is 9.12. The molecule has 0 saturated carbocycles. The van der Waals surface area contributed by atoms with Gasteiger partial charge in [0, 0.05) is 18.2 Å². The quantitative estimate of drug-likeness (QED) is 0.759. The first-order valence-corrected chi connectivity index (χ1v) is 7.11. The Labute approximate surface area is 117 Å². The highest BCUT2D eigenvalue weighted by atomic mass is 16.5. The van der Waals surface area contributed by atoms with Gasteiger partial charge in [-0.3, -0.25) is 0 Å². The van der Waals surface area contributed by atoms with E-state index in [9.17, 15) is 0 Å². The molecule has 0 saturated heterocycles. The van der Waals surface area contributed by atoms with Crippen LogP contribution in [-0.4, -0.2) is 25.4 Å². The number of aryl methyl sites for hydroxylation is 1. The van der Waals surface area contributed by atoms with Crippen LogP contribution < -0.4 is 10.1 Å². The van der Waals surface area contributed by atoms with E-state index in [-0.39, 0.29) is 12.6 Å². The number of benzene rings is 1. The second-order valence-electron chi connectivity index (χ2n) is 5.16. The van der Waals surface area contributed by atoms with Gasteiger partial charge in [-0.25, -0.2) is 0 Å². The summed E-state index contributed by atoms with van der Waals surface area (Å²) in [7, 11) is 1.71. The Morgan fingerprint density at radius 3 is 2.68 bits per heavy atom. The van der Waals surface area contributed by atoms with Gasteiger partial charge in [-0.05, 0) is 44.4 Å². The minimum atomic E-state index is 0.253. The van der Waals surface area contributed by atoms with Crippen molar-refractivity contribution in [2.75, 3.05) is 20.3 Å². The van der Waals surface area contributed by atoms with Crippen LogP contribution in [0, 0.1) is 12.8 Å². The van der Waals surface area contributed by atoms with Gasteiger partial charge in [-0.15, -0.1) is 0 Å². The van der Waals surface area contributed by atoms with Gasteiger partial charge in [0.1, 0.15) is 5.75 Å². The van der Waals surface area contributed by atoms with Crippen LogP contribution >= 0.6 is 0 Å². The smallest absolute Gasteiger partial charge is 0.123 e. The van der Waals surface area contributed by atoms with E-state index < -0.39 is 0 Å². The van der Waals surface area contributed by atoms with E-state index >= 15 is 0 Å². The van der Waals surface area contributed by atoms with Gasteiger partial charge >= 0.3 is 0 Å². The predicted octanol–water partition coefficient (Wildman–Crippen LogP) is 3.06. The summed E-state index contributed by atoms with van der Waals surface area (Å²) in [6, 6.07) is 6.56. The summed E-state index contributed by atoms with van der Waals surface area (Å²) in [6.07, 6.45) is 1.95. The Balaban J connectivity index is 2.64. The molecule has 0 bridgehead atoms. The van der Waals surface area contributed by atoms with Crippen LogP contribution in [0.4, 0.5) is 0 Å². The summed E-state index contributed by atoms with van der Waals surface area (Å²) in [6.45, 7) is 7.58. The van der Waals surface area contributed by atoms with Gasteiger partial charge in [-0.1, -0.05) is 25.5 Å². The second kappa shape index (κ2) is 8.18. The fourth-order valence-corrected chi connectivity index (χ4v) is 2.26. The Kier molecular flexibility index (Phi) is 6.89. The molecular weight excluding hydrogens is 238 g/mol. The summed E-state index contributed by atoms with van der Waals surface area (Å²) in [5.41, 5.74) is 2.39. The summed E-state index contributed by atoms with van der Waals surface area (Å²) >= 11 is 0. The lowest BCUT2D eigenvalue weighted by Crippen LogP contribution is -2.26. The monoisotopic (exact) mass is 265 g/mol. The van der Waals surface area contributed by atoms with E-state index in [0.29, 0.717) is 5.92 Å². The number of ether oxygens (including phenoxy) is 1. The molecular formula is C16H27NO2. The highest BCUT2D eigenvalue weighted by Crippen LogP contribution is 2.26. The van der Waals surface area contributed by atoms with Crippen LogP contribution in [0.15, 0.2) is 18.2 Å². The lowest BCUT2D eigenvalue weighted by atomic mass is 10.0. The number of aliphatic hydroxyl groups excluding tert-OH is 1. The van der Waals surface area contributed by atoms with Crippen LogP contribution in [0.5, 0.6) is 5.75 Å². The third-order valence-electron chi connectivity index (χ3n) is 3.68. The van der Waals surface area contributed by atoms with Crippen molar-refractivity contribution in [2.24, 2.45) is 5.92 Å². The minimum absolute atomic E-state index is 0.253. The molecule has 0 spiro atoms. The maximum Gasteiger partial charge on any atom is 0.123 e. The Morgan fingerprint density at radius 1 is 1.37 bits per heavy atom. The average Bonchev–Trinajstić information content (AvgIpc) is 2.42. The molecule has 0 aliphatic carbocycles. The lowest BCUT2D eigenvalue weighted by Gasteiger charge is -2.21. The molecule has 0 fully saturated rings. The lowest BCUT2D eigenvalue weighted by molar-refractivity contribution is 0.249. The molecule has 1 aromatic carbocycles. The first kappa shape index (κ1) is 16.0. The molecule has 1 rings (SSSR count). The largest absolute Gasteiger partial charge is 0.496 e. The molecule has 19 heavy (non-hydrogen) atoms. The third-order valence-corrected chi connectivity index (χ3v) is 3.68. The Hall–Kier alpha value is -1.06. The van der Waals surface area contributed by atoms with Crippen molar-refractivity contribution < 1.29 is 9.84 Å². The van der Waals surface area contributed by atoms with Gasteiger partial charge in [0.05, 0.1) is 7.11 Å². The second-order valence-corrected chi connectivity index (χ2v) is 5.16. The SMILES string of the molecule is CCC(CCO)CNC(C)c1ccc(C)cc1OC. The van der Waals surface area contributed by atoms with E-state index in [4.69, 9.17) is 9.84 Å². The number of hydrogen-bond acceptors (Lipinski definition) is 3. The van der Waals surface area contributed by atoms with Crippen LogP contribution in [0.3, 0.4) is 0 Å². The van der Waals surface area contributed by atoms with Gasteiger partial charge in [0.2, 0.25) is 0 Å². The topological polar surface area (TPSA) is 41.5 Å². The normalized spacial score (nSPS) is 14.2. The summed E-state index contributed by atoms with van der Waals surface area (Å²) < 4.78 is 5.45.